The third kappa shape index (κ3) is 5.40. The van der Waals surface area contributed by atoms with Gasteiger partial charge < -0.3 is 19.9 Å². The van der Waals surface area contributed by atoms with E-state index in [-0.39, 0.29) is 37.1 Å². The van der Waals surface area contributed by atoms with E-state index in [1.165, 1.54) is 0 Å². The zero-order valence-electron chi connectivity index (χ0n) is 17.9. The van der Waals surface area contributed by atoms with Crippen molar-refractivity contribution in [1.29, 1.82) is 0 Å². The van der Waals surface area contributed by atoms with Crippen LogP contribution in [-0.2, 0) is 26.0 Å². The first-order chi connectivity index (χ1) is 15.3. The summed E-state index contributed by atoms with van der Waals surface area (Å²) in [6.45, 7) is 0.313. The number of fused-ring (bicyclic) bond motifs is 3. The molecule has 2 aliphatic rings. The number of amides is 1. The number of carbonyl (C=O) groups excluding carboxylic acids is 1. The largest absolute Gasteiger partial charge is 0.487 e. The number of benzene rings is 2. The first kappa shape index (κ1) is 22.6. The van der Waals surface area contributed by atoms with E-state index < -0.39 is 16.1 Å². The number of hydrogen-bond donors (Lipinski definition) is 3. The molecule has 0 bridgehead atoms. The fraction of sp³-hybridized carbons (Fsp3) is 0.435. The second-order valence-corrected chi connectivity index (χ2v) is 10.1. The van der Waals surface area contributed by atoms with E-state index in [0.717, 1.165) is 23.8 Å². The molecule has 32 heavy (non-hydrogen) atoms. The lowest BCUT2D eigenvalue weighted by Gasteiger charge is -2.37. The average Bonchev–Trinajstić information content (AvgIpc) is 3.11. The number of sulfonamides is 1. The molecule has 4 rings (SSSR count). The van der Waals surface area contributed by atoms with E-state index in [9.17, 15) is 18.3 Å². The molecular weight excluding hydrogens is 432 g/mol. The van der Waals surface area contributed by atoms with Gasteiger partial charge in [0.05, 0.1) is 25.4 Å². The van der Waals surface area contributed by atoms with Gasteiger partial charge >= 0.3 is 0 Å². The Kier molecular flexibility index (Phi) is 6.68. The molecule has 2 heterocycles. The van der Waals surface area contributed by atoms with Crippen molar-refractivity contribution in [2.75, 3.05) is 24.1 Å². The highest BCUT2D eigenvalue weighted by atomic mass is 32.2. The molecule has 9 heteroatoms. The molecule has 4 atom stereocenters. The molecule has 1 fully saturated rings. The zero-order chi connectivity index (χ0) is 22.7. The summed E-state index contributed by atoms with van der Waals surface area (Å²) in [6, 6.07) is 15.1. The maximum atomic E-state index is 12.5. The second kappa shape index (κ2) is 9.48. The van der Waals surface area contributed by atoms with Crippen LogP contribution in [0.2, 0.25) is 0 Å². The van der Waals surface area contributed by atoms with Gasteiger partial charge in [-0.3, -0.25) is 9.52 Å². The predicted molar refractivity (Wildman–Crippen MR) is 120 cm³/mol. The summed E-state index contributed by atoms with van der Waals surface area (Å²) in [7, 11) is -3.40. The van der Waals surface area contributed by atoms with E-state index >= 15 is 0 Å². The normalized spacial score (nSPS) is 24.2. The topological polar surface area (TPSA) is 114 Å². The summed E-state index contributed by atoms with van der Waals surface area (Å²) in [6.07, 6.45) is 1.27. The van der Waals surface area contributed by atoms with E-state index in [2.05, 4.69) is 10.0 Å². The van der Waals surface area contributed by atoms with Crippen molar-refractivity contribution in [3.8, 4) is 5.75 Å². The first-order valence-electron chi connectivity index (χ1n) is 10.7. The van der Waals surface area contributed by atoms with Crippen LogP contribution in [0.1, 0.15) is 29.9 Å². The van der Waals surface area contributed by atoms with Gasteiger partial charge in [0.25, 0.3) is 0 Å². The minimum absolute atomic E-state index is 0.0978. The second-order valence-electron chi connectivity index (χ2n) is 8.32. The molecule has 0 saturated carbocycles. The van der Waals surface area contributed by atoms with Crippen molar-refractivity contribution in [3.63, 3.8) is 0 Å². The van der Waals surface area contributed by atoms with E-state index in [1.54, 1.807) is 18.2 Å². The van der Waals surface area contributed by atoms with E-state index in [0.29, 0.717) is 24.4 Å². The van der Waals surface area contributed by atoms with Gasteiger partial charge in [-0.2, -0.15) is 0 Å². The molecule has 1 saturated heterocycles. The van der Waals surface area contributed by atoms with Crippen LogP contribution >= 0.6 is 0 Å². The number of rotatable bonds is 8. The van der Waals surface area contributed by atoms with Gasteiger partial charge in [0, 0.05) is 23.7 Å². The van der Waals surface area contributed by atoms with Gasteiger partial charge in [-0.05, 0) is 36.6 Å². The highest BCUT2D eigenvalue weighted by Gasteiger charge is 2.46. The predicted octanol–water partition coefficient (Wildman–Crippen LogP) is 1.80. The van der Waals surface area contributed by atoms with Gasteiger partial charge in [0.1, 0.15) is 18.0 Å². The minimum atomic E-state index is -3.40. The molecule has 172 valence electrons. The molecule has 8 nitrogen and oxygen atoms in total. The summed E-state index contributed by atoms with van der Waals surface area (Å²) >= 11 is 0. The molecule has 2 aliphatic heterocycles. The Bertz CT molecular complexity index is 1060. The number of hydrogen-bond acceptors (Lipinski definition) is 6. The number of anilines is 1. The molecule has 2 aromatic carbocycles. The van der Waals surface area contributed by atoms with Gasteiger partial charge in [-0.15, -0.1) is 0 Å². The molecule has 3 N–H and O–H groups in total. The zero-order valence-corrected chi connectivity index (χ0v) is 18.7. The van der Waals surface area contributed by atoms with Crippen molar-refractivity contribution in [3.05, 3.63) is 59.7 Å². The average molecular weight is 461 g/mol. The minimum Gasteiger partial charge on any atom is -0.487 e. The van der Waals surface area contributed by atoms with Crippen molar-refractivity contribution in [2.24, 2.45) is 0 Å². The van der Waals surface area contributed by atoms with Crippen LogP contribution in [0.4, 0.5) is 5.69 Å². The smallest absolute Gasteiger partial charge is 0.229 e. The quantitative estimate of drug-likeness (QED) is 0.554. The molecule has 0 aromatic heterocycles. The lowest BCUT2D eigenvalue weighted by molar-refractivity contribution is -0.142. The maximum absolute atomic E-state index is 12.5. The summed E-state index contributed by atoms with van der Waals surface area (Å²) in [5.41, 5.74) is 2.47. The molecule has 0 spiro atoms. The third-order valence-corrected chi connectivity index (χ3v) is 6.40. The number of nitrogens with one attached hydrogen (secondary N) is 2. The van der Waals surface area contributed by atoms with Crippen LogP contribution in [0.15, 0.2) is 48.5 Å². The lowest BCUT2D eigenvalue weighted by Crippen LogP contribution is -2.47. The van der Waals surface area contributed by atoms with Crippen molar-refractivity contribution >= 4 is 21.6 Å². The Morgan fingerprint density at radius 1 is 1.19 bits per heavy atom. The maximum Gasteiger partial charge on any atom is 0.229 e. The number of aliphatic hydroxyl groups is 1. The number of carbonyl (C=O) groups is 1. The van der Waals surface area contributed by atoms with Crippen molar-refractivity contribution < 1.29 is 27.8 Å². The van der Waals surface area contributed by atoms with E-state index in [4.69, 9.17) is 9.47 Å². The monoisotopic (exact) mass is 460 g/mol. The van der Waals surface area contributed by atoms with E-state index in [1.807, 2.05) is 30.3 Å². The highest BCUT2D eigenvalue weighted by molar-refractivity contribution is 7.92. The van der Waals surface area contributed by atoms with Crippen LogP contribution in [0, 0.1) is 0 Å². The fourth-order valence-electron chi connectivity index (χ4n) is 4.44. The molecular formula is C23H28N2O6S. The van der Waals surface area contributed by atoms with Crippen LogP contribution in [0.25, 0.3) is 0 Å². The Balaban J connectivity index is 1.40. The Morgan fingerprint density at radius 2 is 1.97 bits per heavy atom. The summed E-state index contributed by atoms with van der Waals surface area (Å²) in [5.74, 6) is 0.445. The van der Waals surface area contributed by atoms with Gasteiger partial charge in [-0.1, -0.05) is 30.3 Å². The van der Waals surface area contributed by atoms with Crippen LogP contribution in [0.3, 0.4) is 0 Å². The van der Waals surface area contributed by atoms with Crippen molar-refractivity contribution in [2.45, 2.75) is 43.5 Å². The van der Waals surface area contributed by atoms with Crippen LogP contribution in [0.5, 0.6) is 5.75 Å². The summed E-state index contributed by atoms with van der Waals surface area (Å²) in [4.78, 5) is 12.5. The number of ether oxygens (including phenoxy) is 2. The van der Waals surface area contributed by atoms with Gasteiger partial charge in [0.15, 0.2) is 0 Å². The molecule has 0 unspecified atom stereocenters. The SMILES string of the molecule is CS(=O)(=O)Nc1ccc2c(c1)[C@@H]1C[C@H](CC(=O)NCCc3ccccc3)O[C@H](CO)[C@@H]1O2. The number of aliphatic hydroxyl groups excluding tert-OH is 1. The molecule has 2 aromatic rings. The van der Waals surface area contributed by atoms with Crippen LogP contribution in [-0.4, -0.2) is 57.2 Å². The summed E-state index contributed by atoms with van der Waals surface area (Å²) in [5, 5.41) is 12.8. The Hall–Kier alpha value is -2.62. The fourth-order valence-corrected chi connectivity index (χ4v) is 4.99. The van der Waals surface area contributed by atoms with Gasteiger partial charge in [0.2, 0.25) is 15.9 Å². The first-order valence-corrected chi connectivity index (χ1v) is 12.6. The standard InChI is InChI=1S/C23H28N2O6S/c1-32(28,29)25-16-7-8-20-18(11-16)19-12-17(30-21(14-26)23(19)31-20)13-22(27)24-10-9-15-5-3-2-4-6-15/h2-8,11,17,19,21,23,25-26H,9-10,12-14H2,1H3,(H,24,27)/t17-,19+,21-,23-/m1/s1. The Labute approximate surface area is 188 Å². The molecule has 0 radical (unpaired) electrons. The third-order valence-electron chi connectivity index (χ3n) is 5.79. The van der Waals surface area contributed by atoms with Gasteiger partial charge in [-0.25, -0.2) is 8.42 Å². The van der Waals surface area contributed by atoms with Crippen molar-refractivity contribution in [1.82, 2.24) is 5.32 Å². The lowest BCUT2D eigenvalue weighted by atomic mass is 9.84. The van der Waals surface area contributed by atoms with Crippen LogP contribution < -0.4 is 14.8 Å². The molecule has 0 aliphatic carbocycles. The molecule has 1 amide bonds. The Morgan fingerprint density at radius 3 is 2.69 bits per heavy atom. The summed E-state index contributed by atoms with van der Waals surface area (Å²) < 4.78 is 37.7. The highest BCUT2D eigenvalue weighted by Crippen LogP contribution is 2.47.